The van der Waals surface area contributed by atoms with E-state index in [-0.39, 0.29) is 17.4 Å². The van der Waals surface area contributed by atoms with Crippen molar-refractivity contribution in [3.05, 3.63) is 23.9 Å². The largest absolute Gasteiger partial charge is 0.356 e. The number of amides is 2. The Morgan fingerprint density at radius 2 is 2.21 bits per heavy atom. The second-order valence-corrected chi connectivity index (χ2v) is 6.62. The molecule has 2 aliphatic heterocycles. The second-order valence-electron chi connectivity index (χ2n) is 6.62. The SMILES string of the molecule is CNC(=O)c1cccnc1N1CCN(C)C2(CCNC(=O)CC2)C1. The van der Waals surface area contributed by atoms with Gasteiger partial charge in [0.2, 0.25) is 5.91 Å². The molecule has 2 aliphatic rings. The van der Waals surface area contributed by atoms with Gasteiger partial charge in [0.1, 0.15) is 5.82 Å². The first-order valence-corrected chi connectivity index (χ1v) is 8.46. The van der Waals surface area contributed by atoms with E-state index in [2.05, 4.69) is 32.5 Å². The van der Waals surface area contributed by atoms with Gasteiger partial charge in [-0.05, 0) is 32.0 Å². The number of hydrogen-bond donors (Lipinski definition) is 2. The maximum Gasteiger partial charge on any atom is 0.254 e. The molecular formula is C17H25N5O2. The van der Waals surface area contributed by atoms with Crippen LogP contribution in [-0.2, 0) is 4.79 Å². The zero-order valence-electron chi connectivity index (χ0n) is 14.3. The summed E-state index contributed by atoms with van der Waals surface area (Å²) in [5.41, 5.74) is 0.539. The number of hydrogen-bond acceptors (Lipinski definition) is 5. The molecule has 3 heterocycles. The van der Waals surface area contributed by atoms with Gasteiger partial charge in [-0.2, -0.15) is 0 Å². The number of carbonyl (C=O) groups is 2. The maximum atomic E-state index is 12.2. The zero-order valence-corrected chi connectivity index (χ0v) is 14.3. The lowest BCUT2D eigenvalue weighted by atomic mass is 9.86. The summed E-state index contributed by atoms with van der Waals surface area (Å²) in [6.45, 7) is 3.18. The number of piperazine rings is 1. The first-order chi connectivity index (χ1) is 11.6. The quantitative estimate of drug-likeness (QED) is 0.811. The summed E-state index contributed by atoms with van der Waals surface area (Å²) >= 11 is 0. The van der Waals surface area contributed by atoms with Gasteiger partial charge in [-0.15, -0.1) is 0 Å². The van der Waals surface area contributed by atoms with E-state index in [4.69, 9.17) is 0 Å². The van der Waals surface area contributed by atoms with E-state index in [1.165, 1.54) is 0 Å². The number of aromatic nitrogens is 1. The van der Waals surface area contributed by atoms with Crippen molar-refractivity contribution >= 4 is 17.6 Å². The van der Waals surface area contributed by atoms with Gasteiger partial charge >= 0.3 is 0 Å². The molecule has 3 rings (SSSR count). The topological polar surface area (TPSA) is 77.6 Å². The molecule has 0 aromatic carbocycles. The van der Waals surface area contributed by atoms with Gasteiger partial charge in [0, 0.05) is 51.4 Å². The van der Waals surface area contributed by atoms with Crippen molar-refractivity contribution in [1.82, 2.24) is 20.5 Å². The second kappa shape index (κ2) is 6.76. The average Bonchev–Trinajstić information content (AvgIpc) is 2.79. The van der Waals surface area contributed by atoms with E-state index in [0.29, 0.717) is 18.5 Å². The number of anilines is 1. The van der Waals surface area contributed by atoms with E-state index in [1.54, 1.807) is 19.3 Å². The normalized spacial score (nSPS) is 25.2. The Balaban J connectivity index is 1.88. The van der Waals surface area contributed by atoms with Gasteiger partial charge < -0.3 is 15.5 Å². The van der Waals surface area contributed by atoms with Gasteiger partial charge in [0.05, 0.1) is 5.56 Å². The molecule has 2 amide bonds. The molecule has 7 heteroatoms. The Kier molecular flexibility index (Phi) is 4.71. The number of rotatable bonds is 2. The summed E-state index contributed by atoms with van der Waals surface area (Å²) in [6.07, 6.45) is 4.01. The third kappa shape index (κ3) is 3.08. The van der Waals surface area contributed by atoms with Crippen LogP contribution >= 0.6 is 0 Å². The number of nitrogens with zero attached hydrogens (tertiary/aromatic N) is 3. The smallest absolute Gasteiger partial charge is 0.254 e. The molecular weight excluding hydrogens is 306 g/mol. The van der Waals surface area contributed by atoms with Crippen molar-refractivity contribution in [3.8, 4) is 0 Å². The van der Waals surface area contributed by atoms with Crippen LogP contribution in [0.2, 0.25) is 0 Å². The van der Waals surface area contributed by atoms with Crippen molar-refractivity contribution in [1.29, 1.82) is 0 Å². The number of carbonyl (C=O) groups excluding carboxylic acids is 2. The lowest BCUT2D eigenvalue weighted by molar-refractivity contribution is -0.120. The standard InChI is InChI=1S/C17H25N5O2/c1-18-16(24)13-4-3-8-20-15(13)22-11-10-21(2)17(12-22)6-5-14(23)19-9-7-17/h3-4,8H,5-7,9-12H2,1-2H3,(H,18,24)(H,19,23). The molecule has 2 saturated heterocycles. The highest BCUT2D eigenvalue weighted by Crippen LogP contribution is 2.32. The van der Waals surface area contributed by atoms with Crippen molar-refractivity contribution in [3.63, 3.8) is 0 Å². The number of nitrogens with one attached hydrogen (secondary N) is 2. The molecule has 130 valence electrons. The van der Waals surface area contributed by atoms with Crippen LogP contribution in [0.4, 0.5) is 5.82 Å². The lowest BCUT2D eigenvalue weighted by Gasteiger charge is -2.49. The first-order valence-electron chi connectivity index (χ1n) is 8.46. The molecule has 7 nitrogen and oxygen atoms in total. The molecule has 1 unspecified atom stereocenters. The van der Waals surface area contributed by atoms with Gasteiger partial charge in [-0.25, -0.2) is 4.98 Å². The van der Waals surface area contributed by atoms with Crippen LogP contribution in [0.5, 0.6) is 0 Å². The summed E-state index contributed by atoms with van der Waals surface area (Å²) in [5.74, 6) is 0.734. The molecule has 1 aromatic rings. The molecule has 24 heavy (non-hydrogen) atoms. The Morgan fingerprint density at radius 1 is 1.38 bits per heavy atom. The third-order valence-corrected chi connectivity index (χ3v) is 5.29. The van der Waals surface area contributed by atoms with Gasteiger partial charge in [0.15, 0.2) is 0 Å². The van der Waals surface area contributed by atoms with Crippen molar-refractivity contribution in [2.45, 2.75) is 24.8 Å². The molecule has 1 spiro atoms. The molecule has 0 aliphatic carbocycles. The van der Waals surface area contributed by atoms with Gasteiger partial charge in [0.25, 0.3) is 5.91 Å². The van der Waals surface area contributed by atoms with Gasteiger partial charge in [-0.3, -0.25) is 14.5 Å². The minimum atomic E-state index is -0.121. The van der Waals surface area contributed by atoms with Crippen LogP contribution in [0, 0.1) is 0 Å². The van der Waals surface area contributed by atoms with Crippen LogP contribution in [-0.4, -0.2) is 67.5 Å². The van der Waals surface area contributed by atoms with E-state index >= 15 is 0 Å². The maximum absolute atomic E-state index is 12.2. The van der Waals surface area contributed by atoms with Crippen LogP contribution < -0.4 is 15.5 Å². The predicted octanol–water partition coefficient (Wildman–Crippen LogP) is 0.232. The minimum Gasteiger partial charge on any atom is -0.356 e. The molecule has 1 atom stereocenters. The first kappa shape index (κ1) is 16.7. The Morgan fingerprint density at radius 3 is 3.00 bits per heavy atom. The zero-order chi connectivity index (χ0) is 17.2. The molecule has 0 saturated carbocycles. The Labute approximate surface area is 142 Å². The highest BCUT2D eigenvalue weighted by Gasteiger charge is 2.41. The molecule has 0 bridgehead atoms. The fourth-order valence-electron chi connectivity index (χ4n) is 3.74. The van der Waals surface area contributed by atoms with E-state index < -0.39 is 0 Å². The summed E-state index contributed by atoms with van der Waals surface area (Å²) < 4.78 is 0. The van der Waals surface area contributed by atoms with Crippen LogP contribution in [0.15, 0.2) is 18.3 Å². The summed E-state index contributed by atoms with van der Waals surface area (Å²) in [5, 5.41) is 5.65. The summed E-state index contributed by atoms with van der Waals surface area (Å²) in [7, 11) is 3.76. The van der Waals surface area contributed by atoms with Crippen molar-refractivity contribution in [2.75, 3.05) is 45.2 Å². The summed E-state index contributed by atoms with van der Waals surface area (Å²) in [4.78, 5) is 32.9. The van der Waals surface area contributed by atoms with Crippen molar-refractivity contribution < 1.29 is 9.59 Å². The number of pyridine rings is 1. The Hall–Kier alpha value is -2.15. The fraction of sp³-hybridized carbons (Fsp3) is 0.588. The lowest BCUT2D eigenvalue weighted by Crippen LogP contribution is -2.61. The van der Waals surface area contributed by atoms with E-state index in [1.807, 2.05) is 6.07 Å². The van der Waals surface area contributed by atoms with E-state index in [0.717, 1.165) is 38.3 Å². The van der Waals surface area contributed by atoms with Crippen LogP contribution in [0.3, 0.4) is 0 Å². The molecule has 1 aromatic heterocycles. The molecule has 2 fully saturated rings. The van der Waals surface area contributed by atoms with E-state index in [9.17, 15) is 9.59 Å². The monoisotopic (exact) mass is 331 g/mol. The van der Waals surface area contributed by atoms with Crippen LogP contribution in [0.25, 0.3) is 0 Å². The average molecular weight is 331 g/mol. The van der Waals surface area contributed by atoms with Crippen molar-refractivity contribution in [2.24, 2.45) is 0 Å². The molecule has 0 radical (unpaired) electrons. The Bertz CT molecular complexity index is 635. The minimum absolute atomic E-state index is 0.0606. The highest BCUT2D eigenvalue weighted by molar-refractivity contribution is 5.98. The number of likely N-dealkylation sites (N-methyl/N-ethyl adjacent to an activating group) is 1. The van der Waals surface area contributed by atoms with Crippen LogP contribution in [0.1, 0.15) is 29.6 Å². The molecule has 2 N–H and O–H groups in total. The summed E-state index contributed by atoms with van der Waals surface area (Å²) in [6, 6.07) is 3.60. The highest BCUT2D eigenvalue weighted by atomic mass is 16.2. The fourth-order valence-corrected chi connectivity index (χ4v) is 3.74. The third-order valence-electron chi connectivity index (χ3n) is 5.29. The predicted molar refractivity (Wildman–Crippen MR) is 92.1 cm³/mol. The van der Waals surface area contributed by atoms with Gasteiger partial charge in [-0.1, -0.05) is 0 Å².